The molecule has 0 atom stereocenters. The highest BCUT2D eigenvalue weighted by Gasteiger charge is 2.16. The lowest BCUT2D eigenvalue weighted by Gasteiger charge is -2.12. The van der Waals surface area contributed by atoms with Gasteiger partial charge in [0.05, 0.1) is 5.70 Å². The molecule has 0 fully saturated rings. The molecule has 1 aromatic heterocycles. The van der Waals surface area contributed by atoms with Gasteiger partial charge in [-0.1, -0.05) is 6.07 Å². The molecule has 0 aliphatic heterocycles. The molecule has 7 nitrogen and oxygen atoms in total. The fraction of sp³-hybridized carbons (Fsp3) is 0.143. The maximum Gasteiger partial charge on any atom is 0.221 e. The van der Waals surface area contributed by atoms with Gasteiger partial charge in [-0.2, -0.15) is 4.73 Å². The van der Waals surface area contributed by atoms with Crippen LogP contribution in [0.3, 0.4) is 0 Å². The number of nitrogens with one attached hydrogen (secondary N) is 1. The summed E-state index contributed by atoms with van der Waals surface area (Å²) < 4.78 is 0.816. The second-order valence-electron chi connectivity index (χ2n) is 4.42. The smallest absolute Gasteiger partial charge is 0.221 e. The van der Waals surface area contributed by atoms with E-state index in [4.69, 9.17) is 0 Å². The summed E-state index contributed by atoms with van der Waals surface area (Å²) in [5, 5.41) is 20.0. The Bertz CT molecular complexity index is 753. The summed E-state index contributed by atoms with van der Waals surface area (Å²) in [5.74, 6) is -0.513. The average Bonchev–Trinajstić information content (AvgIpc) is 2.42. The van der Waals surface area contributed by atoms with Gasteiger partial charge in [0.15, 0.2) is 11.3 Å². The molecule has 0 bridgehead atoms. The average molecular weight is 286 g/mol. The Morgan fingerprint density at radius 3 is 2.71 bits per heavy atom. The van der Waals surface area contributed by atoms with Gasteiger partial charge in [0.2, 0.25) is 5.91 Å². The van der Waals surface area contributed by atoms with Gasteiger partial charge in [-0.25, -0.2) is 0 Å². The van der Waals surface area contributed by atoms with Gasteiger partial charge in [-0.3, -0.25) is 9.59 Å². The largest absolute Gasteiger partial charge is 0.427 e. The van der Waals surface area contributed by atoms with E-state index in [-0.39, 0.29) is 22.9 Å². The summed E-state index contributed by atoms with van der Waals surface area (Å²) in [6.07, 6.45) is 4.24. The standard InChI is InChI=1S/C14H14N4O3/c1-9-7-12(11(8-13(9)20)15-10(2)19)16-17-14-5-3-4-6-18(14)21/h3-8,21H,1-2H3,(H,15,19). The molecule has 0 saturated heterocycles. The first-order chi connectivity index (χ1) is 9.97. The van der Waals surface area contributed by atoms with Crippen LogP contribution in [0.15, 0.2) is 58.0 Å². The van der Waals surface area contributed by atoms with E-state index in [1.807, 2.05) is 0 Å². The third-order valence-corrected chi connectivity index (χ3v) is 2.68. The van der Waals surface area contributed by atoms with Crippen molar-refractivity contribution in [3.63, 3.8) is 0 Å². The monoisotopic (exact) mass is 286 g/mol. The first-order valence-corrected chi connectivity index (χ1v) is 6.18. The second-order valence-corrected chi connectivity index (χ2v) is 4.42. The number of hydrogen-bond acceptors (Lipinski definition) is 5. The molecule has 7 heteroatoms. The first-order valence-electron chi connectivity index (χ1n) is 6.18. The van der Waals surface area contributed by atoms with E-state index in [0.29, 0.717) is 11.3 Å². The van der Waals surface area contributed by atoms with Crippen LogP contribution in [0.5, 0.6) is 0 Å². The lowest BCUT2D eigenvalue weighted by Crippen LogP contribution is -2.28. The molecular formula is C14H14N4O3. The molecule has 1 heterocycles. The summed E-state index contributed by atoms with van der Waals surface area (Å²) in [4.78, 5) is 22.8. The maximum absolute atomic E-state index is 11.6. The summed E-state index contributed by atoms with van der Waals surface area (Å²) in [6, 6.07) is 4.90. The Morgan fingerprint density at radius 1 is 1.29 bits per heavy atom. The van der Waals surface area contributed by atoms with E-state index in [0.717, 1.165) is 4.73 Å². The van der Waals surface area contributed by atoms with Crippen LogP contribution in [0.1, 0.15) is 13.8 Å². The van der Waals surface area contributed by atoms with E-state index < -0.39 is 0 Å². The molecule has 0 unspecified atom stereocenters. The molecule has 1 amide bonds. The Balaban J connectivity index is 2.44. The number of allylic oxidation sites excluding steroid dienone is 3. The van der Waals surface area contributed by atoms with Crippen molar-refractivity contribution in [3.8, 4) is 0 Å². The predicted molar refractivity (Wildman–Crippen MR) is 75.3 cm³/mol. The Morgan fingerprint density at radius 2 is 2.05 bits per heavy atom. The molecule has 1 aliphatic rings. The van der Waals surface area contributed by atoms with Crippen LogP contribution in [-0.2, 0) is 9.59 Å². The van der Waals surface area contributed by atoms with Gasteiger partial charge in [-0.15, -0.1) is 10.2 Å². The van der Waals surface area contributed by atoms with Gasteiger partial charge < -0.3 is 10.5 Å². The number of rotatable bonds is 2. The number of carbonyl (C=O) groups is 2. The van der Waals surface area contributed by atoms with Crippen molar-refractivity contribution in [2.75, 3.05) is 0 Å². The van der Waals surface area contributed by atoms with Crippen molar-refractivity contribution < 1.29 is 14.8 Å². The quantitative estimate of drug-likeness (QED) is 0.471. The van der Waals surface area contributed by atoms with Crippen LogP contribution in [0, 0.1) is 0 Å². The molecule has 0 radical (unpaired) electrons. The molecule has 108 valence electrons. The van der Waals surface area contributed by atoms with Crippen LogP contribution in [0.25, 0.3) is 0 Å². The zero-order chi connectivity index (χ0) is 15.4. The first kappa shape index (κ1) is 14.4. The fourth-order valence-electron chi connectivity index (χ4n) is 1.66. The van der Waals surface area contributed by atoms with Gasteiger partial charge in [-0.05, 0) is 30.7 Å². The normalized spacial score (nSPS) is 17.5. The van der Waals surface area contributed by atoms with Crippen LogP contribution in [0.4, 0.5) is 0 Å². The van der Waals surface area contributed by atoms with Crippen molar-refractivity contribution in [2.45, 2.75) is 13.8 Å². The van der Waals surface area contributed by atoms with Crippen molar-refractivity contribution in [1.29, 1.82) is 0 Å². The highest BCUT2D eigenvalue weighted by Crippen LogP contribution is 2.10. The summed E-state index contributed by atoms with van der Waals surface area (Å²) >= 11 is 0. The number of nitrogens with zero attached hydrogens (tertiary/aromatic N) is 3. The Kier molecular flexibility index (Phi) is 4.13. The summed E-state index contributed by atoms with van der Waals surface area (Å²) in [7, 11) is 0. The topological polar surface area (TPSA) is 96.0 Å². The highest BCUT2D eigenvalue weighted by atomic mass is 16.5. The minimum atomic E-state index is -0.313. The highest BCUT2D eigenvalue weighted by molar-refractivity contribution is 6.22. The van der Waals surface area contributed by atoms with E-state index in [1.54, 1.807) is 25.1 Å². The van der Waals surface area contributed by atoms with E-state index >= 15 is 0 Å². The lowest BCUT2D eigenvalue weighted by molar-refractivity contribution is -0.118. The second kappa shape index (κ2) is 6.00. The van der Waals surface area contributed by atoms with E-state index in [9.17, 15) is 14.8 Å². The zero-order valence-corrected chi connectivity index (χ0v) is 11.6. The minimum absolute atomic E-state index is 0.199. The predicted octanol–water partition coefficient (Wildman–Crippen LogP) is 0.531. The molecule has 0 spiro atoms. The third-order valence-electron chi connectivity index (χ3n) is 2.68. The zero-order valence-electron chi connectivity index (χ0n) is 11.6. The van der Waals surface area contributed by atoms with Crippen LogP contribution < -0.4 is 10.8 Å². The molecule has 0 saturated carbocycles. The van der Waals surface area contributed by atoms with Crippen molar-refractivity contribution in [2.24, 2.45) is 10.2 Å². The number of aromatic nitrogens is 1. The van der Waals surface area contributed by atoms with E-state index in [1.165, 1.54) is 25.3 Å². The number of pyridine rings is 1. The maximum atomic E-state index is 11.6. The summed E-state index contributed by atoms with van der Waals surface area (Å²) in [5.41, 5.74) is 1.33. The van der Waals surface area contributed by atoms with Crippen LogP contribution in [-0.4, -0.2) is 27.3 Å². The van der Waals surface area contributed by atoms with Gasteiger partial charge in [0.25, 0.3) is 0 Å². The molecule has 2 rings (SSSR count). The number of carbonyl (C=O) groups excluding carboxylic acids is 2. The van der Waals surface area contributed by atoms with Crippen molar-refractivity contribution in [3.05, 3.63) is 53.3 Å². The fourth-order valence-corrected chi connectivity index (χ4v) is 1.66. The SMILES string of the molecule is CC(=O)NC1=CC(=O)C(C)=CC1=NN=c1ccccn1O. The van der Waals surface area contributed by atoms with Crippen molar-refractivity contribution >= 4 is 17.4 Å². The molecule has 0 aromatic carbocycles. The van der Waals surface area contributed by atoms with Gasteiger partial charge in [0.1, 0.15) is 5.71 Å². The van der Waals surface area contributed by atoms with Gasteiger partial charge >= 0.3 is 0 Å². The number of ketones is 1. The third kappa shape index (κ3) is 3.53. The number of hydrogen-bond donors (Lipinski definition) is 2. The molecule has 1 aromatic rings. The molecular weight excluding hydrogens is 272 g/mol. The Labute approximate surface area is 120 Å². The molecule has 2 N–H and O–H groups in total. The lowest BCUT2D eigenvalue weighted by atomic mass is 10.0. The minimum Gasteiger partial charge on any atom is -0.427 e. The summed E-state index contributed by atoms with van der Waals surface area (Å²) in [6.45, 7) is 2.98. The Hall–Kier alpha value is -2.96. The van der Waals surface area contributed by atoms with Crippen LogP contribution in [0.2, 0.25) is 0 Å². The van der Waals surface area contributed by atoms with Gasteiger partial charge in [0, 0.05) is 19.2 Å². The van der Waals surface area contributed by atoms with E-state index in [2.05, 4.69) is 15.5 Å². The number of amides is 1. The van der Waals surface area contributed by atoms with Crippen LogP contribution >= 0.6 is 0 Å². The van der Waals surface area contributed by atoms with Crippen molar-refractivity contribution in [1.82, 2.24) is 10.0 Å². The molecule has 21 heavy (non-hydrogen) atoms. The molecule has 1 aliphatic carbocycles.